The first-order chi connectivity index (χ1) is 12.4. The largest absolute Gasteiger partial charge is 0.497 e. The fourth-order valence-corrected chi connectivity index (χ4v) is 2.33. The van der Waals surface area contributed by atoms with Gasteiger partial charge < -0.3 is 19.9 Å². The number of anilines is 1. The molecule has 0 unspecified atom stereocenters. The number of carbonyl (C=O) groups excluding carboxylic acids is 1. The Kier molecular flexibility index (Phi) is 6.60. The van der Waals surface area contributed by atoms with E-state index >= 15 is 0 Å². The van der Waals surface area contributed by atoms with Crippen LogP contribution in [0.5, 0.6) is 11.5 Å². The molecule has 0 saturated heterocycles. The van der Waals surface area contributed by atoms with Crippen LogP contribution in [0.25, 0.3) is 0 Å². The van der Waals surface area contributed by atoms with Crippen molar-refractivity contribution in [2.75, 3.05) is 19.0 Å². The molecule has 0 heterocycles. The smallest absolute Gasteiger partial charge is 0.307 e. The summed E-state index contributed by atoms with van der Waals surface area (Å²) in [5.41, 5.74) is 1.52. The highest BCUT2D eigenvalue weighted by Crippen LogP contribution is 2.26. The van der Waals surface area contributed by atoms with Crippen molar-refractivity contribution in [3.05, 3.63) is 53.6 Å². The van der Waals surface area contributed by atoms with Crippen LogP contribution in [0.2, 0.25) is 0 Å². The molecule has 0 fully saturated rings. The van der Waals surface area contributed by atoms with Gasteiger partial charge >= 0.3 is 5.97 Å². The Labute approximate surface area is 152 Å². The Morgan fingerprint density at radius 1 is 1.15 bits per heavy atom. The van der Waals surface area contributed by atoms with E-state index in [2.05, 4.69) is 5.32 Å². The quantitative estimate of drug-likeness (QED) is 0.754. The van der Waals surface area contributed by atoms with E-state index in [0.717, 1.165) is 0 Å². The van der Waals surface area contributed by atoms with Crippen molar-refractivity contribution in [2.24, 2.45) is 5.92 Å². The molecule has 2 aromatic carbocycles. The van der Waals surface area contributed by atoms with Crippen LogP contribution in [0.15, 0.2) is 42.5 Å². The lowest BCUT2D eigenvalue weighted by atomic mass is 10.1. The minimum atomic E-state index is -0.923. The fourth-order valence-electron chi connectivity index (χ4n) is 2.33. The standard InChI is InChI=1S/C20H23NO5/c1-13(2)12-26-18-11-16(25-3)7-8-17(18)20(24)21-15-6-4-5-14(9-15)10-19(22)23/h4-9,11,13H,10,12H2,1-3H3,(H,21,24)(H,22,23). The molecule has 2 aromatic rings. The van der Waals surface area contributed by atoms with E-state index in [1.807, 2.05) is 13.8 Å². The third-order valence-electron chi connectivity index (χ3n) is 3.55. The lowest BCUT2D eigenvalue weighted by Crippen LogP contribution is -2.15. The number of carbonyl (C=O) groups is 2. The van der Waals surface area contributed by atoms with E-state index in [0.29, 0.717) is 40.8 Å². The lowest BCUT2D eigenvalue weighted by molar-refractivity contribution is -0.136. The van der Waals surface area contributed by atoms with Crippen molar-refractivity contribution in [2.45, 2.75) is 20.3 Å². The molecule has 0 aliphatic heterocycles. The summed E-state index contributed by atoms with van der Waals surface area (Å²) in [5.74, 6) is 0.0951. The van der Waals surface area contributed by atoms with Crippen LogP contribution < -0.4 is 14.8 Å². The van der Waals surface area contributed by atoms with Gasteiger partial charge in [0.2, 0.25) is 0 Å². The van der Waals surface area contributed by atoms with Gasteiger partial charge in [0.25, 0.3) is 5.91 Å². The number of amides is 1. The number of ether oxygens (including phenoxy) is 2. The zero-order valence-electron chi connectivity index (χ0n) is 15.1. The molecule has 0 bridgehead atoms. The molecule has 0 atom stereocenters. The van der Waals surface area contributed by atoms with Gasteiger partial charge in [-0.25, -0.2) is 0 Å². The lowest BCUT2D eigenvalue weighted by Gasteiger charge is -2.14. The third-order valence-corrected chi connectivity index (χ3v) is 3.55. The average Bonchev–Trinajstić information content (AvgIpc) is 2.59. The van der Waals surface area contributed by atoms with Crippen LogP contribution in [-0.4, -0.2) is 30.7 Å². The Morgan fingerprint density at radius 3 is 2.58 bits per heavy atom. The number of rotatable bonds is 8. The normalized spacial score (nSPS) is 10.5. The second kappa shape index (κ2) is 8.89. The van der Waals surface area contributed by atoms with Crippen LogP contribution in [-0.2, 0) is 11.2 Å². The highest BCUT2D eigenvalue weighted by molar-refractivity contribution is 6.06. The highest BCUT2D eigenvalue weighted by atomic mass is 16.5. The van der Waals surface area contributed by atoms with Gasteiger partial charge in [-0.2, -0.15) is 0 Å². The predicted molar refractivity (Wildman–Crippen MR) is 99.1 cm³/mol. The van der Waals surface area contributed by atoms with Crippen molar-refractivity contribution >= 4 is 17.6 Å². The van der Waals surface area contributed by atoms with Gasteiger partial charge in [0.05, 0.1) is 25.7 Å². The highest BCUT2D eigenvalue weighted by Gasteiger charge is 2.15. The molecule has 0 spiro atoms. The molecule has 6 nitrogen and oxygen atoms in total. The summed E-state index contributed by atoms with van der Waals surface area (Å²) in [4.78, 5) is 23.5. The molecule has 2 N–H and O–H groups in total. The van der Waals surface area contributed by atoms with Crippen molar-refractivity contribution in [1.29, 1.82) is 0 Å². The van der Waals surface area contributed by atoms with Gasteiger partial charge in [-0.05, 0) is 35.7 Å². The number of carboxylic acid groups (broad SMARTS) is 1. The molecule has 0 aromatic heterocycles. The van der Waals surface area contributed by atoms with E-state index in [4.69, 9.17) is 14.6 Å². The van der Waals surface area contributed by atoms with E-state index in [1.165, 1.54) is 0 Å². The number of aliphatic carboxylic acids is 1. The number of methoxy groups -OCH3 is 1. The SMILES string of the molecule is COc1ccc(C(=O)Nc2cccc(CC(=O)O)c2)c(OCC(C)C)c1. The summed E-state index contributed by atoms with van der Waals surface area (Å²) < 4.78 is 11.0. The van der Waals surface area contributed by atoms with Crippen LogP contribution in [0.4, 0.5) is 5.69 Å². The van der Waals surface area contributed by atoms with Crippen LogP contribution in [0.1, 0.15) is 29.8 Å². The summed E-state index contributed by atoms with van der Waals surface area (Å²) in [6.07, 6.45) is -0.102. The Morgan fingerprint density at radius 2 is 1.92 bits per heavy atom. The Hall–Kier alpha value is -3.02. The minimum absolute atomic E-state index is 0.102. The van der Waals surface area contributed by atoms with Gasteiger partial charge in [-0.3, -0.25) is 9.59 Å². The monoisotopic (exact) mass is 357 g/mol. The molecule has 1 amide bonds. The number of hydrogen-bond donors (Lipinski definition) is 2. The number of nitrogens with one attached hydrogen (secondary N) is 1. The summed E-state index contributed by atoms with van der Waals surface area (Å²) in [6.45, 7) is 4.52. The van der Waals surface area contributed by atoms with Crippen molar-refractivity contribution in [3.8, 4) is 11.5 Å². The summed E-state index contributed by atoms with van der Waals surface area (Å²) in [7, 11) is 1.55. The summed E-state index contributed by atoms with van der Waals surface area (Å²) >= 11 is 0. The van der Waals surface area contributed by atoms with E-state index in [-0.39, 0.29) is 12.3 Å². The minimum Gasteiger partial charge on any atom is -0.497 e. The van der Waals surface area contributed by atoms with Gasteiger partial charge in [-0.15, -0.1) is 0 Å². The van der Waals surface area contributed by atoms with Crippen LogP contribution in [0, 0.1) is 5.92 Å². The third kappa shape index (κ3) is 5.51. The molecule has 0 saturated carbocycles. The van der Waals surface area contributed by atoms with Crippen molar-refractivity contribution in [1.82, 2.24) is 0 Å². The van der Waals surface area contributed by atoms with Gasteiger partial charge in [0.1, 0.15) is 11.5 Å². The van der Waals surface area contributed by atoms with E-state index < -0.39 is 5.97 Å². The topological polar surface area (TPSA) is 84.9 Å². The second-order valence-electron chi connectivity index (χ2n) is 6.29. The maximum absolute atomic E-state index is 12.7. The van der Waals surface area contributed by atoms with Gasteiger partial charge in [0.15, 0.2) is 0 Å². The molecular weight excluding hydrogens is 334 g/mol. The second-order valence-corrected chi connectivity index (χ2v) is 6.29. The number of carboxylic acids is 1. The summed E-state index contributed by atoms with van der Waals surface area (Å²) in [6, 6.07) is 11.8. The molecule has 0 radical (unpaired) electrons. The van der Waals surface area contributed by atoms with E-state index in [1.54, 1.807) is 49.6 Å². The first kappa shape index (κ1) is 19.3. The molecule has 26 heavy (non-hydrogen) atoms. The van der Waals surface area contributed by atoms with Crippen LogP contribution >= 0.6 is 0 Å². The molecule has 2 rings (SSSR count). The Bertz CT molecular complexity index is 786. The molecular formula is C20H23NO5. The zero-order chi connectivity index (χ0) is 19.1. The molecule has 0 aliphatic carbocycles. The van der Waals surface area contributed by atoms with Crippen molar-refractivity contribution < 1.29 is 24.2 Å². The van der Waals surface area contributed by atoms with Crippen LogP contribution in [0.3, 0.4) is 0 Å². The van der Waals surface area contributed by atoms with Gasteiger partial charge in [0, 0.05) is 11.8 Å². The molecule has 138 valence electrons. The predicted octanol–water partition coefficient (Wildman–Crippen LogP) is 3.61. The molecule has 0 aliphatic rings. The fraction of sp³-hybridized carbons (Fsp3) is 0.300. The average molecular weight is 357 g/mol. The van der Waals surface area contributed by atoms with E-state index in [9.17, 15) is 9.59 Å². The number of benzene rings is 2. The molecule has 6 heteroatoms. The first-order valence-electron chi connectivity index (χ1n) is 8.32. The maximum Gasteiger partial charge on any atom is 0.307 e. The maximum atomic E-state index is 12.7. The zero-order valence-corrected chi connectivity index (χ0v) is 15.1. The van der Waals surface area contributed by atoms with Gasteiger partial charge in [-0.1, -0.05) is 26.0 Å². The first-order valence-corrected chi connectivity index (χ1v) is 8.32. The summed E-state index contributed by atoms with van der Waals surface area (Å²) in [5, 5.41) is 11.7. The van der Waals surface area contributed by atoms with Crippen molar-refractivity contribution in [3.63, 3.8) is 0 Å². The number of hydrogen-bond acceptors (Lipinski definition) is 4. The Balaban J connectivity index is 2.21.